The monoisotopic (exact) mass is 362 g/mol. The van der Waals surface area contributed by atoms with Crippen molar-refractivity contribution < 1.29 is 13.9 Å². The molecule has 0 aromatic heterocycles. The first kappa shape index (κ1) is 18.3. The van der Waals surface area contributed by atoms with Gasteiger partial charge in [-0.15, -0.1) is 12.4 Å². The molecular formula is C16H21Cl2FN2O2. The summed E-state index contributed by atoms with van der Waals surface area (Å²) in [4.78, 5) is 14.3. The number of nitrogens with two attached hydrogens (primary N) is 1. The molecule has 4 nitrogen and oxygen atoms in total. The number of nitrogens with zero attached hydrogens (tertiary/aromatic N) is 1. The van der Waals surface area contributed by atoms with Crippen molar-refractivity contribution in [2.24, 2.45) is 17.6 Å². The Labute approximate surface area is 146 Å². The summed E-state index contributed by atoms with van der Waals surface area (Å²) in [5, 5.41) is 0.167. The molecule has 1 aliphatic heterocycles. The lowest BCUT2D eigenvalue weighted by atomic mass is 9.98. The molecule has 0 radical (unpaired) electrons. The second kappa shape index (κ2) is 7.24. The molecule has 3 rings (SSSR count). The number of rotatable bonds is 3. The van der Waals surface area contributed by atoms with Gasteiger partial charge < -0.3 is 15.4 Å². The average molecular weight is 363 g/mol. The summed E-state index contributed by atoms with van der Waals surface area (Å²) in [6.07, 6.45) is 1.49. The molecule has 2 aliphatic rings. The van der Waals surface area contributed by atoms with E-state index in [-0.39, 0.29) is 29.4 Å². The van der Waals surface area contributed by atoms with E-state index in [1.54, 1.807) is 6.92 Å². The van der Waals surface area contributed by atoms with Crippen LogP contribution in [0.1, 0.15) is 19.8 Å². The maximum atomic E-state index is 13.0. The second-order valence-electron chi connectivity index (χ2n) is 6.24. The highest BCUT2D eigenvalue weighted by Gasteiger charge is 2.43. The van der Waals surface area contributed by atoms with Gasteiger partial charge in [-0.3, -0.25) is 4.79 Å². The Hall–Kier alpha value is -1.04. The third kappa shape index (κ3) is 3.73. The molecule has 1 aromatic carbocycles. The van der Waals surface area contributed by atoms with Crippen LogP contribution in [-0.2, 0) is 4.79 Å². The highest BCUT2D eigenvalue weighted by Crippen LogP contribution is 2.37. The molecule has 23 heavy (non-hydrogen) atoms. The highest BCUT2D eigenvalue weighted by atomic mass is 35.5. The van der Waals surface area contributed by atoms with Crippen molar-refractivity contribution in [1.29, 1.82) is 0 Å². The summed E-state index contributed by atoms with van der Waals surface area (Å²) in [6, 6.07) is 4.08. The lowest BCUT2D eigenvalue weighted by Gasteiger charge is -2.23. The number of carbonyl (C=O) groups is 1. The van der Waals surface area contributed by atoms with Crippen molar-refractivity contribution in [3.8, 4) is 5.75 Å². The summed E-state index contributed by atoms with van der Waals surface area (Å²) in [5.41, 5.74) is 6.09. The number of ether oxygens (including phenoxy) is 1. The van der Waals surface area contributed by atoms with Crippen molar-refractivity contribution in [3.05, 3.63) is 29.0 Å². The predicted molar refractivity (Wildman–Crippen MR) is 89.5 cm³/mol. The molecule has 4 unspecified atom stereocenters. The molecule has 2 N–H and O–H groups in total. The van der Waals surface area contributed by atoms with Crippen LogP contribution in [0.3, 0.4) is 0 Å². The normalized spacial score (nSPS) is 27.3. The van der Waals surface area contributed by atoms with Crippen molar-refractivity contribution >= 4 is 29.9 Å². The van der Waals surface area contributed by atoms with Gasteiger partial charge in [-0.25, -0.2) is 4.39 Å². The number of amides is 1. The topological polar surface area (TPSA) is 55.6 Å². The Morgan fingerprint density at radius 2 is 2.17 bits per heavy atom. The van der Waals surface area contributed by atoms with Crippen LogP contribution in [0.25, 0.3) is 0 Å². The number of likely N-dealkylation sites (tertiary alicyclic amines) is 1. The van der Waals surface area contributed by atoms with E-state index in [0.717, 1.165) is 19.4 Å². The van der Waals surface area contributed by atoms with Crippen LogP contribution < -0.4 is 10.5 Å². The molecule has 1 saturated heterocycles. The molecule has 7 heteroatoms. The zero-order valence-corrected chi connectivity index (χ0v) is 14.4. The summed E-state index contributed by atoms with van der Waals surface area (Å²) < 4.78 is 18.6. The molecule has 0 bridgehead atoms. The van der Waals surface area contributed by atoms with Crippen LogP contribution in [-0.4, -0.2) is 36.0 Å². The maximum absolute atomic E-state index is 13.0. The third-order valence-corrected chi connectivity index (χ3v) is 5.06. The van der Waals surface area contributed by atoms with E-state index in [9.17, 15) is 9.18 Å². The Bertz CT molecular complexity index is 587. The molecule has 1 heterocycles. The Kier molecular flexibility index (Phi) is 5.76. The number of carbonyl (C=O) groups excluding carboxylic acids is 1. The minimum atomic E-state index is -0.655. The van der Waals surface area contributed by atoms with Gasteiger partial charge in [0.25, 0.3) is 5.91 Å². The molecule has 2 fully saturated rings. The van der Waals surface area contributed by atoms with Crippen LogP contribution in [0.4, 0.5) is 4.39 Å². The largest absolute Gasteiger partial charge is 0.479 e. The maximum Gasteiger partial charge on any atom is 0.263 e. The van der Waals surface area contributed by atoms with E-state index in [1.165, 1.54) is 18.2 Å². The molecule has 0 spiro atoms. The fraction of sp³-hybridized carbons (Fsp3) is 0.562. The van der Waals surface area contributed by atoms with Crippen molar-refractivity contribution in [1.82, 2.24) is 4.90 Å². The Morgan fingerprint density at radius 1 is 1.43 bits per heavy atom. The summed E-state index contributed by atoms with van der Waals surface area (Å²) >= 11 is 5.93. The molecule has 1 aliphatic carbocycles. The molecule has 1 aromatic rings. The minimum absolute atomic E-state index is 0. The zero-order chi connectivity index (χ0) is 15.9. The number of fused-ring (bicyclic) bond motifs is 1. The fourth-order valence-electron chi connectivity index (χ4n) is 3.56. The summed E-state index contributed by atoms with van der Waals surface area (Å²) in [6.45, 7) is 3.15. The van der Waals surface area contributed by atoms with E-state index >= 15 is 0 Å². The van der Waals surface area contributed by atoms with E-state index < -0.39 is 11.9 Å². The SMILES string of the molecule is CC(Oc1ccc(F)cc1Cl)C(=O)N1CC2CCC(N)C2C1.Cl. The van der Waals surface area contributed by atoms with Gasteiger partial charge in [0.15, 0.2) is 6.10 Å². The first-order chi connectivity index (χ1) is 10.5. The average Bonchev–Trinajstić information content (AvgIpc) is 3.03. The molecule has 1 amide bonds. The van der Waals surface area contributed by atoms with Crippen LogP contribution in [0, 0.1) is 17.7 Å². The molecule has 4 atom stereocenters. The third-order valence-electron chi connectivity index (χ3n) is 4.77. The number of halogens is 3. The summed E-state index contributed by atoms with van der Waals surface area (Å²) in [5.74, 6) is 0.741. The smallest absolute Gasteiger partial charge is 0.263 e. The van der Waals surface area contributed by atoms with Gasteiger partial charge in [-0.2, -0.15) is 0 Å². The fourth-order valence-corrected chi connectivity index (χ4v) is 3.77. The first-order valence-electron chi connectivity index (χ1n) is 7.62. The van der Waals surface area contributed by atoms with Crippen molar-refractivity contribution in [3.63, 3.8) is 0 Å². The second-order valence-corrected chi connectivity index (χ2v) is 6.65. The van der Waals surface area contributed by atoms with E-state index in [4.69, 9.17) is 22.1 Å². The number of benzene rings is 1. The van der Waals surface area contributed by atoms with Gasteiger partial charge in [-0.1, -0.05) is 11.6 Å². The molecule has 128 valence electrons. The van der Waals surface area contributed by atoms with Crippen LogP contribution in [0.5, 0.6) is 5.75 Å². The van der Waals surface area contributed by atoms with E-state index in [2.05, 4.69) is 0 Å². The number of hydrogen-bond donors (Lipinski definition) is 1. The van der Waals surface area contributed by atoms with Gasteiger partial charge in [-0.05, 0) is 49.8 Å². The zero-order valence-electron chi connectivity index (χ0n) is 12.9. The Morgan fingerprint density at radius 3 is 2.83 bits per heavy atom. The predicted octanol–water partition coefficient (Wildman–Crippen LogP) is 2.86. The van der Waals surface area contributed by atoms with E-state index in [0.29, 0.717) is 24.1 Å². The lowest BCUT2D eigenvalue weighted by Crippen LogP contribution is -2.40. The van der Waals surface area contributed by atoms with Crippen LogP contribution in [0.15, 0.2) is 18.2 Å². The molecule has 1 saturated carbocycles. The van der Waals surface area contributed by atoms with Crippen LogP contribution >= 0.6 is 24.0 Å². The van der Waals surface area contributed by atoms with Crippen LogP contribution in [0.2, 0.25) is 5.02 Å². The number of hydrogen-bond acceptors (Lipinski definition) is 3. The van der Waals surface area contributed by atoms with Crippen molar-refractivity contribution in [2.75, 3.05) is 13.1 Å². The lowest BCUT2D eigenvalue weighted by molar-refractivity contribution is -0.137. The quantitative estimate of drug-likeness (QED) is 0.899. The van der Waals surface area contributed by atoms with Gasteiger partial charge in [0.2, 0.25) is 0 Å². The summed E-state index contributed by atoms with van der Waals surface area (Å²) in [7, 11) is 0. The van der Waals surface area contributed by atoms with Gasteiger partial charge >= 0.3 is 0 Å². The van der Waals surface area contributed by atoms with E-state index in [1.807, 2.05) is 4.90 Å². The molecular weight excluding hydrogens is 342 g/mol. The van der Waals surface area contributed by atoms with Gasteiger partial charge in [0.05, 0.1) is 5.02 Å². The minimum Gasteiger partial charge on any atom is -0.479 e. The Balaban J connectivity index is 0.00000192. The van der Waals surface area contributed by atoms with Gasteiger partial charge in [0, 0.05) is 19.1 Å². The van der Waals surface area contributed by atoms with Gasteiger partial charge in [0.1, 0.15) is 11.6 Å². The first-order valence-corrected chi connectivity index (χ1v) is 7.99. The van der Waals surface area contributed by atoms with Crippen molar-refractivity contribution in [2.45, 2.75) is 31.9 Å². The highest BCUT2D eigenvalue weighted by molar-refractivity contribution is 6.32. The standard InChI is InChI=1S/C16H20ClFN2O2.ClH/c1-9(22-15-5-3-11(18)6-13(15)17)16(21)20-7-10-2-4-14(19)12(10)8-20;/h3,5-6,9-10,12,14H,2,4,7-8,19H2,1H3;1H.